The largest absolute Gasteiger partial charge is 0.378 e. The Bertz CT molecular complexity index is 908. The van der Waals surface area contributed by atoms with Crippen LogP contribution in [0.4, 0.5) is 5.82 Å². The minimum absolute atomic E-state index is 0.233. The van der Waals surface area contributed by atoms with Gasteiger partial charge in [-0.15, -0.1) is 23.1 Å². The van der Waals surface area contributed by atoms with Crippen LogP contribution >= 0.6 is 23.1 Å². The first-order valence-corrected chi connectivity index (χ1v) is 11.1. The van der Waals surface area contributed by atoms with Crippen LogP contribution in [0.3, 0.4) is 0 Å². The van der Waals surface area contributed by atoms with Gasteiger partial charge in [0.05, 0.1) is 35.2 Å². The molecule has 2 aromatic heterocycles. The normalized spacial score (nSPS) is 19.3. The van der Waals surface area contributed by atoms with Gasteiger partial charge in [-0.1, -0.05) is 13.8 Å². The monoisotopic (exact) mass is 403 g/mol. The lowest BCUT2D eigenvalue weighted by molar-refractivity contribution is -0.0396. The molecule has 144 valence electrons. The number of ether oxygens (including phenoxy) is 2. The lowest BCUT2D eigenvalue weighted by atomic mass is 9.89. The highest BCUT2D eigenvalue weighted by Crippen LogP contribution is 2.45. The molecule has 4 rings (SSSR count). The molecule has 4 heterocycles. The highest BCUT2D eigenvalue weighted by molar-refractivity contribution is 8.01. The van der Waals surface area contributed by atoms with Crippen LogP contribution in [0.15, 0.2) is 4.21 Å². The van der Waals surface area contributed by atoms with Crippen LogP contribution in [0.1, 0.15) is 44.4 Å². The second-order valence-corrected chi connectivity index (χ2v) is 10.8. The van der Waals surface area contributed by atoms with Gasteiger partial charge in [-0.05, 0) is 19.4 Å². The molecule has 0 atom stereocenters. The van der Waals surface area contributed by atoms with Crippen molar-refractivity contribution in [2.45, 2.75) is 55.8 Å². The van der Waals surface area contributed by atoms with Crippen LogP contribution in [0.2, 0.25) is 0 Å². The van der Waals surface area contributed by atoms with Crippen molar-refractivity contribution in [2.75, 3.05) is 31.2 Å². The molecule has 0 aliphatic carbocycles. The predicted molar refractivity (Wildman–Crippen MR) is 111 cm³/mol. The molecule has 0 radical (unpaired) electrons. The summed E-state index contributed by atoms with van der Waals surface area (Å²) in [6, 6.07) is 2.48. The van der Waals surface area contributed by atoms with Crippen LogP contribution in [-0.4, -0.2) is 42.1 Å². The average Bonchev–Trinajstić information content (AvgIpc) is 2.97. The van der Waals surface area contributed by atoms with Gasteiger partial charge >= 0.3 is 0 Å². The zero-order valence-electron chi connectivity index (χ0n) is 16.3. The Kier molecular flexibility index (Phi) is 5.10. The molecule has 2 aliphatic rings. The second kappa shape index (κ2) is 7.25. The molecule has 2 aromatic rings. The molecule has 27 heavy (non-hydrogen) atoms. The number of pyridine rings is 1. The van der Waals surface area contributed by atoms with Crippen LogP contribution in [-0.2, 0) is 22.5 Å². The van der Waals surface area contributed by atoms with E-state index in [1.54, 1.807) is 23.1 Å². The van der Waals surface area contributed by atoms with Gasteiger partial charge < -0.3 is 14.4 Å². The van der Waals surface area contributed by atoms with Crippen molar-refractivity contribution in [1.29, 1.82) is 5.26 Å². The van der Waals surface area contributed by atoms with E-state index in [1.165, 1.54) is 5.56 Å². The minimum Gasteiger partial charge on any atom is -0.378 e. The maximum Gasteiger partial charge on any atom is 0.136 e. The van der Waals surface area contributed by atoms with Crippen molar-refractivity contribution < 1.29 is 9.47 Å². The van der Waals surface area contributed by atoms with Crippen LogP contribution in [0, 0.1) is 11.3 Å². The molecule has 0 N–H and O–H groups in total. The number of thioether (sulfide) groups is 1. The topological polar surface area (TPSA) is 58.4 Å². The summed E-state index contributed by atoms with van der Waals surface area (Å²) in [4.78, 5) is 8.33. The van der Waals surface area contributed by atoms with Crippen molar-refractivity contribution in [3.05, 3.63) is 16.7 Å². The van der Waals surface area contributed by atoms with Gasteiger partial charge in [0.2, 0.25) is 0 Å². The van der Waals surface area contributed by atoms with E-state index in [4.69, 9.17) is 14.5 Å². The molecule has 2 aliphatic heterocycles. The molecule has 0 amide bonds. The van der Waals surface area contributed by atoms with E-state index < -0.39 is 0 Å². The summed E-state index contributed by atoms with van der Waals surface area (Å²) in [5.74, 6) is 1.02. The first kappa shape index (κ1) is 19.0. The van der Waals surface area contributed by atoms with E-state index in [9.17, 15) is 5.26 Å². The number of aromatic nitrogens is 1. The van der Waals surface area contributed by atoms with Crippen molar-refractivity contribution in [2.24, 2.45) is 0 Å². The number of thiophene rings is 1. The molecule has 5 nitrogen and oxygen atoms in total. The van der Waals surface area contributed by atoms with Crippen LogP contribution in [0.5, 0.6) is 0 Å². The molecule has 7 heteroatoms. The smallest absolute Gasteiger partial charge is 0.136 e. The van der Waals surface area contributed by atoms with E-state index in [-0.39, 0.29) is 5.60 Å². The summed E-state index contributed by atoms with van der Waals surface area (Å²) < 4.78 is 12.7. The maximum atomic E-state index is 9.93. The van der Waals surface area contributed by atoms with E-state index in [0.717, 1.165) is 64.1 Å². The number of morpholine rings is 1. The molecule has 0 spiro atoms. The summed E-state index contributed by atoms with van der Waals surface area (Å²) in [5.41, 5.74) is 2.97. The van der Waals surface area contributed by atoms with Gasteiger partial charge in [-0.2, -0.15) is 5.26 Å². The minimum atomic E-state index is -0.233. The number of fused-ring (bicyclic) bond motifs is 3. The molecule has 1 saturated heterocycles. The van der Waals surface area contributed by atoms with E-state index in [1.807, 2.05) is 0 Å². The Balaban J connectivity index is 1.95. The zero-order chi connectivity index (χ0) is 19.2. The van der Waals surface area contributed by atoms with Gasteiger partial charge in [-0.25, -0.2) is 4.98 Å². The number of hydrogen-bond acceptors (Lipinski definition) is 7. The fraction of sp³-hybridized carbons (Fsp3) is 0.600. The number of nitrogens with zero attached hydrogens (tertiary/aromatic N) is 3. The molecule has 0 aromatic carbocycles. The summed E-state index contributed by atoms with van der Waals surface area (Å²) in [5, 5.41) is 11.4. The quantitative estimate of drug-likeness (QED) is 0.710. The van der Waals surface area contributed by atoms with E-state index in [2.05, 4.69) is 38.7 Å². The molecular weight excluding hydrogens is 378 g/mol. The van der Waals surface area contributed by atoms with Crippen molar-refractivity contribution in [3.63, 3.8) is 0 Å². The Morgan fingerprint density at radius 1 is 1.26 bits per heavy atom. The first-order chi connectivity index (χ1) is 12.9. The van der Waals surface area contributed by atoms with Gasteiger partial charge in [0.25, 0.3) is 0 Å². The third-order valence-corrected chi connectivity index (χ3v) is 7.28. The molecule has 1 fully saturated rings. The van der Waals surface area contributed by atoms with Gasteiger partial charge in [-0.3, -0.25) is 0 Å². The number of hydrogen-bond donors (Lipinski definition) is 0. The highest BCUT2D eigenvalue weighted by atomic mass is 32.2. The van der Waals surface area contributed by atoms with E-state index >= 15 is 0 Å². The van der Waals surface area contributed by atoms with Crippen LogP contribution in [0.25, 0.3) is 10.2 Å². The van der Waals surface area contributed by atoms with Crippen molar-refractivity contribution in [3.8, 4) is 6.07 Å². The molecule has 0 bridgehead atoms. The Morgan fingerprint density at radius 3 is 2.67 bits per heavy atom. The molecule has 0 unspecified atom stereocenters. The van der Waals surface area contributed by atoms with E-state index in [0.29, 0.717) is 11.9 Å². The summed E-state index contributed by atoms with van der Waals surface area (Å²) in [7, 11) is 0. The number of nitriles is 1. The molecule has 0 saturated carbocycles. The lowest BCUT2D eigenvalue weighted by Gasteiger charge is -2.36. The standard InChI is InChI=1S/C20H25N3O2S2/c1-12(2)26-19-14(10-21)16-13-9-20(3,4)25-11-15(13)17(22-18(16)27-19)23-5-7-24-8-6-23/h12H,5-9,11H2,1-4H3. The third kappa shape index (κ3) is 3.56. The van der Waals surface area contributed by atoms with Crippen molar-refractivity contribution in [1.82, 2.24) is 4.98 Å². The Morgan fingerprint density at radius 2 is 2.00 bits per heavy atom. The van der Waals surface area contributed by atoms with Gasteiger partial charge in [0.15, 0.2) is 0 Å². The third-order valence-electron chi connectivity index (χ3n) is 4.98. The predicted octanol–water partition coefficient (Wildman–Crippen LogP) is 4.36. The van der Waals surface area contributed by atoms with Crippen LogP contribution < -0.4 is 4.90 Å². The SMILES string of the molecule is CC(C)Sc1sc2nc(N3CCOCC3)c3c(c2c1C#N)CC(C)(C)OC3. The second-order valence-electron chi connectivity index (χ2n) is 7.94. The van der Waals surface area contributed by atoms with Gasteiger partial charge in [0, 0.05) is 35.7 Å². The first-order valence-electron chi connectivity index (χ1n) is 9.41. The number of anilines is 1. The summed E-state index contributed by atoms with van der Waals surface area (Å²) in [6.45, 7) is 12.3. The Labute approximate surface area is 168 Å². The Hall–Kier alpha value is -1.33. The van der Waals surface area contributed by atoms with Gasteiger partial charge in [0.1, 0.15) is 16.7 Å². The van der Waals surface area contributed by atoms with Crippen molar-refractivity contribution >= 4 is 39.1 Å². The molecular formula is C20H25N3O2S2. The lowest BCUT2D eigenvalue weighted by Crippen LogP contribution is -2.39. The maximum absolute atomic E-state index is 9.93. The fourth-order valence-corrected chi connectivity index (χ4v) is 6.32. The summed E-state index contributed by atoms with van der Waals surface area (Å²) >= 11 is 3.42. The fourth-order valence-electron chi connectivity index (χ4n) is 3.73. The number of rotatable bonds is 3. The zero-order valence-corrected chi connectivity index (χ0v) is 17.9. The highest BCUT2D eigenvalue weighted by Gasteiger charge is 2.33. The summed E-state index contributed by atoms with van der Waals surface area (Å²) in [6.07, 6.45) is 0.801. The average molecular weight is 404 g/mol.